The average Bonchev–Trinajstić information content (AvgIpc) is 3.56. The van der Waals surface area contributed by atoms with Crippen molar-refractivity contribution in [2.45, 2.75) is 245 Å². The lowest BCUT2D eigenvalue weighted by Crippen LogP contribution is -2.44. The summed E-state index contributed by atoms with van der Waals surface area (Å²) in [4.78, 5) is 37.5. The fourth-order valence-corrected chi connectivity index (χ4v) is 8.53. The zero-order valence-corrected chi connectivity index (χ0v) is 55.6. The first-order valence-corrected chi connectivity index (χ1v) is 33.9. The number of nitrogens with zero attached hydrogens (tertiary/aromatic N) is 1. The smallest absolute Gasteiger partial charge is 0.306 e. The molecule has 0 aromatic rings. The Morgan fingerprint density at radius 2 is 0.621 bits per heavy atom. The predicted octanol–water partition coefficient (Wildman–Crippen LogP) is 19.9. The number of carboxylic acids is 1. The lowest BCUT2D eigenvalue weighted by molar-refractivity contribution is -0.870. The van der Waals surface area contributed by atoms with Crippen LogP contribution in [-0.2, 0) is 33.3 Å². The molecular weight excluding hydrogens is 1080 g/mol. The van der Waals surface area contributed by atoms with Gasteiger partial charge in [0.25, 0.3) is 0 Å². The number of hydrogen-bond acceptors (Lipinski definition) is 8. The van der Waals surface area contributed by atoms with Gasteiger partial charge in [0.05, 0.1) is 40.3 Å². The number of carbonyl (C=O) groups excluding carboxylic acids is 3. The highest BCUT2D eigenvalue weighted by atomic mass is 16.7. The molecule has 0 aliphatic carbocycles. The molecule has 0 aromatic heterocycles. The number of unbranched alkanes of at least 4 members (excludes halogenated alkanes) is 15. The quantitative estimate of drug-likeness (QED) is 0.0195. The molecule has 0 bridgehead atoms. The largest absolute Gasteiger partial charge is 0.545 e. The summed E-state index contributed by atoms with van der Waals surface area (Å²) in [5, 5.41) is 11.8. The Kier molecular flexibility index (Phi) is 62.1. The summed E-state index contributed by atoms with van der Waals surface area (Å²) in [5.74, 6) is -2.33. The molecule has 0 amide bonds. The van der Waals surface area contributed by atoms with Crippen molar-refractivity contribution >= 4 is 17.9 Å². The fourth-order valence-electron chi connectivity index (χ4n) is 8.53. The molecule has 9 heteroatoms. The molecule has 0 N–H and O–H groups in total. The molecule has 0 fully saturated rings. The van der Waals surface area contributed by atoms with Crippen molar-refractivity contribution in [3.63, 3.8) is 0 Å². The normalized spacial score (nSPS) is 13.9. The van der Waals surface area contributed by atoms with Crippen LogP contribution in [-0.4, -0.2) is 82.3 Å². The number of rotatable bonds is 60. The molecule has 2 unspecified atom stereocenters. The summed E-state index contributed by atoms with van der Waals surface area (Å²) in [6.45, 7) is 4.47. The zero-order chi connectivity index (χ0) is 63.3. The van der Waals surface area contributed by atoms with Crippen LogP contribution in [0.1, 0.15) is 232 Å². The van der Waals surface area contributed by atoms with E-state index in [-0.39, 0.29) is 38.6 Å². The van der Waals surface area contributed by atoms with Gasteiger partial charge in [-0.3, -0.25) is 9.59 Å². The zero-order valence-electron chi connectivity index (χ0n) is 55.6. The van der Waals surface area contributed by atoms with Crippen molar-refractivity contribution < 1.29 is 42.9 Å². The molecule has 0 rings (SSSR count). The highest BCUT2D eigenvalue weighted by molar-refractivity contribution is 5.70. The molecular formula is C78H123NO8. The summed E-state index contributed by atoms with van der Waals surface area (Å²) in [6.07, 6.45) is 98.1. The van der Waals surface area contributed by atoms with Crippen LogP contribution in [0.4, 0.5) is 0 Å². The van der Waals surface area contributed by atoms with E-state index in [1.807, 2.05) is 21.1 Å². The van der Waals surface area contributed by atoms with E-state index in [4.69, 9.17) is 18.9 Å². The van der Waals surface area contributed by atoms with E-state index in [0.29, 0.717) is 23.9 Å². The Balaban J connectivity index is 4.26. The van der Waals surface area contributed by atoms with Crippen molar-refractivity contribution in [1.29, 1.82) is 0 Å². The number of ether oxygens (including phenoxy) is 4. The van der Waals surface area contributed by atoms with Crippen LogP contribution in [0.2, 0.25) is 0 Å². The molecule has 0 aliphatic heterocycles. The molecule has 0 saturated heterocycles. The third-order valence-electron chi connectivity index (χ3n) is 13.6. The second-order valence-electron chi connectivity index (χ2n) is 23.0. The maximum Gasteiger partial charge on any atom is 0.306 e. The second-order valence-corrected chi connectivity index (χ2v) is 23.0. The Morgan fingerprint density at radius 3 is 0.920 bits per heavy atom. The molecule has 0 spiro atoms. The van der Waals surface area contributed by atoms with Gasteiger partial charge in [-0.2, -0.15) is 0 Å². The molecule has 0 heterocycles. The summed E-state index contributed by atoms with van der Waals surface area (Å²) in [5.41, 5.74) is 0. The average molecular weight is 1200 g/mol. The molecule has 87 heavy (non-hydrogen) atoms. The Hall–Kier alpha value is -5.61. The second kappa shape index (κ2) is 66.3. The van der Waals surface area contributed by atoms with Gasteiger partial charge >= 0.3 is 11.9 Å². The van der Waals surface area contributed by atoms with Gasteiger partial charge in [0.15, 0.2) is 12.4 Å². The maximum atomic E-state index is 12.9. The number of aliphatic carboxylic acids is 1. The molecule has 0 aromatic carbocycles. The number of hydrogen-bond donors (Lipinski definition) is 0. The lowest BCUT2D eigenvalue weighted by Gasteiger charge is -2.26. The first-order chi connectivity index (χ1) is 42.6. The third-order valence-corrected chi connectivity index (χ3v) is 13.6. The van der Waals surface area contributed by atoms with Crippen molar-refractivity contribution in [2.24, 2.45) is 0 Å². The van der Waals surface area contributed by atoms with Gasteiger partial charge in [-0.1, -0.05) is 267 Å². The number of esters is 2. The van der Waals surface area contributed by atoms with E-state index in [1.165, 1.54) is 38.5 Å². The highest BCUT2D eigenvalue weighted by Crippen LogP contribution is 2.15. The van der Waals surface area contributed by atoms with Crippen LogP contribution in [0.15, 0.2) is 182 Å². The minimum Gasteiger partial charge on any atom is -0.545 e. The maximum absolute atomic E-state index is 12.9. The topological polar surface area (TPSA) is 111 Å². The number of allylic oxidation sites excluding steroid dienone is 30. The molecule has 0 radical (unpaired) electrons. The van der Waals surface area contributed by atoms with Crippen molar-refractivity contribution in [3.8, 4) is 0 Å². The van der Waals surface area contributed by atoms with Gasteiger partial charge < -0.3 is 33.3 Å². The van der Waals surface area contributed by atoms with Gasteiger partial charge in [-0.15, -0.1) is 0 Å². The van der Waals surface area contributed by atoms with Gasteiger partial charge in [-0.25, -0.2) is 0 Å². The van der Waals surface area contributed by atoms with Crippen LogP contribution in [0, 0.1) is 0 Å². The number of carboxylic acid groups (broad SMARTS) is 1. The van der Waals surface area contributed by atoms with E-state index < -0.39 is 24.3 Å². The number of carbonyl (C=O) groups is 3. The molecule has 0 saturated carbocycles. The van der Waals surface area contributed by atoms with Gasteiger partial charge in [0.2, 0.25) is 0 Å². The summed E-state index contributed by atoms with van der Waals surface area (Å²) < 4.78 is 22.7. The standard InChI is InChI=1S/C78H123NO8/c1-6-8-10-12-14-16-18-20-22-24-26-28-30-32-34-35-36-37-38-39-40-41-43-45-47-49-51-53-55-57-59-61-63-65-67-69-76(81)87-74(73-86-78(77(82)83)84-71-70-79(3,4)5)72-85-75(80)68-66-64-62-60-58-56-54-52-50-48-46-44-42-33-31-29-27-25-23-21-19-17-15-13-11-9-7-2/h8-11,14-17,20-23,26-29,32-34,36-37,39-40,42-43,45-46,48,52,54,74,78H,6-7,12-13,18-19,24-25,30-31,35,38,41,44,47,49-51,53,55-73H2,1-5H3/b10-8-,11-9-,16-14-,17-15-,22-20-,23-21-,28-26-,29-27-,34-32-,37-36-,40-39-,42-33-,45-43-,48-46-,54-52-. The van der Waals surface area contributed by atoms with E-state index in [2.05, 4.69) is 196 Å². The molecule has 0 aliphatic rings. The van der Waals surface area contributed by atoms with E-state index in [9.17, 15) is 19.5 Å². The van der Waals surface area contributed by atoms with Gasteiger partial charge in [0.1, 0.15) is 13.2 Å². The lowest BCUT2D eigenvalue weighted by atomic mass is 10.0. The third kappa shape index (κ3) is 67.8. The molecule has 9 nitrogen and oxygen atoms in total. The van der Waals surface area contributed by atoms with Crippen LogP contribution in [0.25, 0.3) is 0 Å². The summed E-state index contributed by atoms with van der Waals surface area (Å²) in [7, 11) is 5.91. The van der Waals surface area contributed by atoms with E-state index in [0.717, 1.165) is 154 Å². The molecule has 2 atom stereocenters. The van der Waals surface area contributed by atoms with Crippen molar-refractivity contribution in [3.05, 3.63) is 182 Å². The molecule has 488 valence electrons. The minimum atomic E-state index is -1.64. The number of likely N-dealkylation sites (N-methyl/N-ethyl adjacent to an activating group) is 1. The first-order valence-electron chi connectivity index (χ1n) is 33.9. The van der Waals surface area contributed by atoms with E-state index in [1.54, 1.807) is 0 Å². The van der Waals surface area contributed by atoms with Crippen LogP contribution in [0.5, 0.6) is 0 Å². The Labute approximate surface area is 532 Å². The summed E-state index contributed by atoms with van der Waals surface area (Å²) in [6, 6.07) is 0. The van der Waals surface area contributed by atoms with Crippen molar-refractivity contribution in [1.82, 2.24) is 0 Å². The fraction of sp³-hybridized carbons (Fsp3) is 0.577. The minimum absolute atomic E-state index is 0.133. The monoisotopic (exact) mass is 1200 g/mol. The van der Waals surface area contributed by atoms with Gasteiger partial charge in [0, 0.05) is 12.8 Å². The SMILES string of the molecule is CC/C=C\C/C=C\C/C=C\C/C=C\C/C=C\C/C=C\C/C=C\C/C=C\CCCCCCCCCCCCC(=O)OC(COC(=O)CCCCCCC/C=C\C/C=C\C/C=C\C/C=C\C/C=C\C/C=C\C/C=C\CC)COC(OCC[N+](C)(C)C)C(=O)[O-]. The Morgan fingerprint density at radius 1 is 0.345 bits per heavy atom. The Bertz CT molecular complexity index is 2080. The number of quaternary nitrogens is 1. The highest BCUT2D eigenvalue weighted by Gasteiger charge is 2.22. The first kappa shape index (κ1) is 81.4. The van der Waals surface area contributed by atoms with Crippen molar-refractivity contribution in [2.75, 3.05) is 47.5 Å². The van der Waals surface area contributed by atoms with E-state index >= 15 is 0 Å². The van der Waals surface area contributed by atoms with Gasteiger partial charge in [-0.05, 0) is 135 Å². The van der Waals surface area contributed by atoms with Crippen LogP contribution < -0.4 is 5.11 Å². The van der Waals surface area contributed by atoms with Crippen LogP contribution >= 0.6 is 0 Å². The van der Waals surface area contributed by atoms with Crippen LogP contribution in [0.3, 0.4) is 0 Å². The predicted molar refractivity (Wildman–Crippen MR) is 370 cm³/mol. The summed E-state index contributed by atoms with van der Waals surface area (Å²) >= 11 is 0.